The number of amides is 1. The van der Waals surface area contributed by atoms with Crippen LogP contribution in [0.5, 0.6) is 0 Å². The molecule has 0 radical (unpaired) electrons. The molecule has 0 bridgehead atoms. The van der Waals surface area contributed by atoms with Gasteiger partial charge in [-0.25, -0.2) is 9.37 Å². The topological polar surface area (TPSA) is 71.0 Å². The maximum Gasteiger partial charge on any atom is 0.247 e. The van der Waals surface area contributed by atoms with E-state index in [1.54, 1.807) is 18.2 Å². The van der Waals surface area contributed by atoms with E-state index in [0.717, 1.165) is 42.6 Å². The molecule has 1 atom stereocenters. The lowest BCUT2D eigenvalue weighted by Gasteiger charge is -2.35. The highest BCUT2D eigenvalue weighted by Crippen LogP contribution is 2.34. The van der Waals surface area contributed by atoms with E-state index in [0.29, 0.717) is 27.8 Å². The van der Waals surface area contributed by atoms with Crippen molar-refractivity contribution in [1.82, 2.24) is 15.2 Å². The van der Waals surface area contributed by atoms with Gasteiger partial charge in [0, 0.05) is 28.6 Å². The third-order valence-corrected chi connectivity index (χ3v) is 7.76. The number of piperidine rings is 1. The van der Waals surface area contributed by atoms with Crippen molar-refractivity contribution in [2.24, 2.45) is 0 Å². The number of hydrogen-bond acceptors (Lipinski definition) is 6. The van der Waals surface area contributed by atoms with E-state index in [4.69, 9.17) is 0 Å². The average Bonchev–Trinajstić information content (AvgIpc) is 3.48. The fourth-order valence-electron chi connectivity index (χ4n) is 4.91. The Hall–Kier alpha value is -4.43. The highest BCUT2D eigenvalue weighted by Gasteiger charge is 2.30. The van der Waals surface area contributed by atoms with Gasteiger partial charge in [-0.2, -0.15) is 0 Å². The summed E-state index contributed by atoms with van der Waals surface area (Å²) in [5.74, 6) is 0.287. The molecule has 39 heavy (non-hydrogen) atoms. The normalized spacial score (nSPS) is 15.2. The minimum Gasteiger partial charge on any atom is -0.343 e. The van der Waals surface area contributed by atoms with Crippen molar-refractivity contribution >= 4 is 28.7 Å². The van der Waals surface area contributed by atoms with E-state index in [1.165, 1.54) is 17.4 Å². The first kappa shape index (κ1) is 24.9. The van der Waals surface area contributed by atoms with E-state index in [9.17, 15) is 9.18 Å². The molecular formula is C31H26FN5OS. The number of carbonyl (C=O) groups is 1. The lowest BCUT2D eigenvalue weighted by molar-refractivity contribution is -0.117. The van der Waals surface area contributed by atoms with Gasteiger partial charge < -0.3 is 10.2 Å². The molecule has 1 fully saturated rings. The lowest BCUT2D eigenvalue weighted by Crippen LogP contribution is -2.47. The van der Waals surface area contributed by atoms with Gasteiger partial charge in [0.15, 0.2) is 5.82 Å². The summed E-state index contributed by atoms with van der Waals surface area (Å²) in [5.41, 5.74) is 4.41. The van der Waals surface area contributed by atoms with Crippen LogP contribution in [0.3, 0.4) is 0 Å². The summed E-state index contributed by atoms with van der Waals surface area (Å²) in [4.78, 5) is 20.4. The Labute approximate surface area is 230 Å². The number of hydrogen-bond donors (Lipinski definition) is 1. The van der Waals surface area contributed by atoms with Gasteiger partial charge in [0.2, 0.25) is 5.91 Å². The number of nitrogens with one attached hydrogen (secondary N) is 1. The molecule has 0 spiro atoms. The Kier molecular flexibility index (Phi) is 7.10. The van der Waals surface area contributed by atoms with Gasteiger partial charge in [-0.3, -0.25) is 4.79 Å². The van der Waals surface area contributed by atoms with Crippen LogP contribution in [0.2, 0.25) is 0 Å². The van der Waals surface area contributed by atoms with Gasteiger partial charge in [-0.1, -0.05) is 60.7 Å². The summed E-state index contributed by atoms with van der Waals surface area (Å²) >= 11 is 1.38. The van der Waals surface area contributed by atoms with E-state index in [-0.39, 0.29) is 17.8 Å². The predicted octanol–water partition coefficient (Wildman–Crippen LogP) is 7.07. The number of halogens is 1. The van der Waals surface area contributed by atoms with E-state index in [2.05, 4.69) is 20.5 Å². The fourth-order valence-corrected chi connectivity index (χ4v) is 5.75. The first-order valence-electron chi connectivity index (χ1n) is 12.9. The first-order chi connectivity index (χ1) is 19.2. The van der Waals surface area contributed by atoms with Crippen LogP contribution in [0.15, 0.2) is 96.4 Å². The van der Waals surface area contributed by atoms with Crippen molar-refractivity contribution in [1.29, 1.82) is 0 Å². The van der Waals surface area contributed by atoms with Crippen LogP contribution in [0.4, 0.5) is 15.9 Å². The molecule has 6 rings (SSSR count). The molecule has 2 aromatic heterocycles. The lowest BCUT2D eigenvalue weighted by atomic mass is 10.0. The number of nitrogens with zero attached hydrogens (tertiary/aromatic N) is 4. The third kappa shape index (κ3) is 5.28. The predicted molar refractivity (Wildman–Crippen MR) is 154 cm³/mol. The zero-order chi connectivity index (χ0) is 26.6. The van der Waals surface area contributed by atoms with Crippen LogP contribution >= 0.6 is 11.3 Å². The molecule has 1 N–H and O–H groups in total. The summed E-state index contributed by atoms with van der Waals surface area (Å²) in [6, 6.07) is 27.6. The quantitative estimate of drug-likeness (QED) is 0.252. The maximum absolute atomic E-state index is 14.3. The highest BCUT2D eigenvalue weighted by atomic mass is 32.1. The molecule has 194 valence electrons. The SMILES string of the molecule is O=C(Nc1ccccc1-c1csc(-c2ccccc2F)n1)C1CCCCN1c1ccc(-c2ccccc2)nn1. The average molecular weight is 536 g/mol. The van der Waals surface area contributed by atoms with E-state index >= 15 is 0 Å². The van der Waals surface area contributed by atoms with Gasteiger partial charge in [0.05, 0.1) is 17.1 Å². The number of rotatable bonds is 6. The van der Waals surface area contributed by atoms with Crippen LogP contribution in [0, 0.1) is 5.82 Å². The second-order valence-electron chi connectivity index (χ2n) is 9.40. The molecule has 1 unspecified atom stereocenters. The monoisotopic (exact) mass is 535 g/mol. The maximum atomic E-state index is 14.3. The number of para-hydroxylation sites is 1. The van der Waals surface area contributed by atoms with Crippen molar-refractivity contribution in [2.75, 3.05) is 16.8 Å². The molecule has 1 saturated heterocycles. The molecule has 8 heteroatoms. The summed E-state index contributed by atoms with van der Waals surface area (Å²) in [6.45, 7) is 0.733. The van der Waals surface area contributed by atoms with Crippen molar-refractivity contribution in [3.63, 3.8) is 0 Å². The summed E-state index contributed by atoms with van der Waals surface area (Å²) in [7, 11) is 0. The fraction of sp³-hybridized carbons (Fsp3) is 0.161. The molecule has 6 nitrogen and oxygen atoms in total. The first-order valence-corrected chi connectivity index (χ1v) is 13.8. The Bertz CT molecular complexity index is 1590. The van der Waals surface area contributed by atoms with Gasteiger partial charge >= 0.3 is 0 Å². The largest absolute Gasteiger partial charge is 0.343 e. The van der Waals surface area contributed by atoms with Crippen molar-refractivity contribution in [2.45, 2.75) is 25.3 Å². The number of aromatic nitrogens is 3. The molecular weight excluding hydrogens is 509 g/mol. The summed E-state index contributed by atoms with van der Waals surface area (Å²) in [6.07, 6.45) is 2.67. The number of thiazole rings is 1. The summed E-state index contributed by atoms with van der Waals surface area (Å²) < 4.78 is 14.3. The van der Waals surface area contributed by atoms with Crippen LogP contribution in [-0.2, 0) is 4.79 Å². The van der Waals surface area contributed by atoms with Crippen LogP contribution in [-0.4, -0.2) is 33.7 Å². The molecule has 3 aromatic carbocycles. The summed E-state index contributed by atoms with van der Waals surface area (Å²) in [5, 5.41) is 14.5. The van der Waals surface area contributed by atoms with Crippen LogP contribution in [0.25, 0.3) is 33.1 Å². The van der Waals surface area contributed by atoms with Gasteiger partial charge in [-0.05, 0) is 49.6 Å². The van der Waals surface area contributed by atoms with Crippen LogP contribution in [0.1, 0.15) is 19.3 Å². The van der Waals surface area contributed by atoms with E-state index in [1.807, 2.05) is 77.0 Å². The standard InChI is InChI=1S/C31H26FN5OS/c32-24-14-6-4-12-22(24)31-34-27(20-39-31)23-13-5-7-15-26(23)33-30(38)28-16-8-9-19-37(28)29-18-17-25(35-36-29)21-10-2-1-3-11-21/h1-7,10-15,17-18,20,28H,8-9,16,19H2,(H,33,38). The van der Waals surface area contributed by atoms with Crippen LogP contribution < -0.4 is 10.2 Å². The number of benzene rings is 3. The molecule has 1 aliphatic heterocycles. The van der Waals surface area contributed by atoms with Crippen molar-refractivity contribution in [3.05, 3.63) is 102 Å². The zero-order valence-electron chi connectivity index (χ0n) is 21.1. The Morgan fingerprint density at radius 1 is 0.846 bits per heavy atom. The number of anilines is 2. The second kappa shape index (κ2) is 11.1. The number of carbonyl (C=O) groups excluding carboxylic acids is 1. The minimum absolute atomic E-state index is 0.0966. The Morgan fingerprint density at radius 2 is 1.62 bits per heavy atom. The Balaban J connectivity index is 1.23. The van der Waals surface area contributed by atoms with Gasteiger partial charge in [-0.15, -0.1) is 21.5 Å². The van der Waals surface area contributed by atoms with Gasteiger partial charge in [0.25, 0.3) is 0 Å². The zero-order valence-corrected chi connectivity index (χ0v) is 21.9. The molecule has 0 aliphatic carbocycles. The molecule has 1 aliphatic rings. The molecule has 3 heterocycles. The second-order valence-corrected chi connectivity index (χ2v) is 10.3. The smallest absolute Gasteiger partial charge is 0.247 e. The van der Waals surface area contributed by atoms with Crippen molar-refractivity contribution in [3.8, 4) is 33.1 Å². The van der Waals surface area contributed by atoms with Gasteiger partial charge in [0.1, 0.15) is 16.9 Å². The van der Waals surface area contributed by atoms with Crippen molar-refractivity contribution < 1.29 is 9.18 Å². The third-order valence-electron chi connectivity index (χ3n) is 6.89. The Morgan fingerprint density at radius 3 is 2.41 bits per heavy atom. The minimum atomic E-state index is -0.368. The molecule has 1 amide bonds. The van der Waals surface area contributed by atoms with E-state index < -0.39 is 0 Å². The molecule has 0 saturated carbocycles. The highest BCUT2D eigenvalue weighted by molar-refractivity contribution is 7.13. The molecule has 5 aromatic rings.